The van der Waals surface area contributed by atoms with Gasteiger partial charge >= 0.3 is 0 Å². The largest absolute Gasteiger partial charge is 0.381 e. The molecular formula is C15H15BrN2O3. The van der Waals surface area contributed by atoms with E-state index >= 15 is 0 Å². The maximum Gasteiger partial charge on any atom is 0.283 e. The van der Waals surface area contributed by atoms with Gasteiger partial charge in [0.15, 0.2) is 0 Å². The lowest BCUT2D eigenvalue weighted by atomic mass is 10.1. The SMILES string of the molecule is COCc1cccc(NCc2cccc([N+](=O)[O-])c2Br)c1. The van der Waals surface area contributed by atoms with Crippen LogP contribution in [0.3, 0.4) is 0 Å². The molecule has 0 aliphatic rings. The molecule has 5 nitrogen and oxygen atoms in total. The number of nitro groups is 1. The molecule has 110 valence electrons. The first kappa shape index (κ1) is 15.5. The first-order valence-electron chi connectivity index (χ1n) is 6.35. The zero-order valence-electron chi connectivity index (χ0n) is 11.5. The highest BCUT2D eigenvalue weighted by atomic mass is 79.9. The fourth-order valence-corrected chi connectivity index (χ4v) is 2.53. The Labute approximate surface area is 131 Å². The van der Waals surface area contributed by atoms with Crippen molar-refractivity contribution in [2.45, 2.75) is 13.2 Å². The van der Waals surface area contributed by atoms with Crippen LogP contribution in [-0.4, -0.2) is 12.0 Å². The molecule has 21 heavy (non-hydrogen) atoms. The van der Waals surface area contributed by atoms with Gasteiger partial charge in [-0.3, -0.25) is 10.1 Å². The molecule has 0 radical (unpaired) electrons. The summed E-state index contributed by atoms with van der Waals surface area (Å²) in [6.45, 7) is 1.05. The van der Waals surface area contributed by atoms with Gasteiger partial charge in [-0.2, -0.15) is 0 Å². The number of ether oxygens (including phenoxy) is 1. The molecule has 2 aromatic carbocycles. The van der Waals surface area contributed by atoms with Crippen molar-refractivity contribution in [1.29, 1.82) is 0 Å². The van der Waals surface area contributed by atoms with E-state index in [2.05, 4.69) is 21.2 Å². The van der Waals surface area contributed by atoms with Crippen LogP contribution in [0.5, 0.6) is 0 Å². The minimum atomic E-state index is -0.396. The standard InChI is InChI=1S/C15H15BrN2O3/c1-21-10-11-4-2-6-13(8-11)17-9-12-5-3-7-14(15(12)16)18(19)20/h2-8,17H,9-10H2,1H3. The molecule has 0 saturated heterocycles. The van der Waals surface area contributed by atoms with Gasteiger partial charge < -0.3 is 10.1 Å². The third-order valence-corrected chi connectivity index (χ3v) is 3.89. The van der Waals surface area contributed by atoms with E-state index in [1.54, 1.807) is 13.2 Å². The fraction of sp³-hybridized carbons (Fsp3) is 0.200. The van der Waals surface area contributed by atoms with Crippen molar-refractivity contribution in [2.24, 2.45) is 0 Å². The lowest BCUT2D eigenvalue weighted by Gasteiger charge is -2.10. The minimum absolute atomic E-state index is 0.0717. The third-order valence-electron chi connectivity index (χ3n) is 2.98. The van der Waals surface area contributed by atoms with Crippen molar-refractivity contribution in [3.8, 4) is 0 Å². The molecule has 0 aliphatic heterocycles. The molecule has 0 fully saturated rings. The molecule has 0 amide bonds. The van der Waals surface area contributed by atoms with Crippen LogP contribution in [0.4, 0.5) is 11.4 Å². The predicted molar refractivity (Wildman–Crippen MR) is 85.3 cm³/mol. The molecule has 0 atom stereocenters. The van der Waals surface area contributed by atoms with Crippen molar-refractivity contribution < 1.29 is 9.66 Å². The highest BCUT2D eigenvalue weighted by Crippen LogP contribution is 2.28. The van der Waals surface area contributed by atoms with E-state index < -0.39 is 4.92 Å². The van der Waals surface area contributed by atoms with E-state index in [4.69, 9.17) is 4.74 Å². The number of nitrogens with zero attached hydrogens (tertiary/aromatic N) is 1. The Hall–Kier alpha value is -1.92. The van der Waals surface area contributed by atoms with E-state index in [-0.39, 0.29) is 5.69 Å². The van der Waals surface area contributed by atoms with Crippen LogP contribution < -0.4 is 5.32 Å². The van der Waals surface area contributed by atoms with E-state index in [0.29, 0.717) is 17.6 Å². The number of hydrogen-bond acceptors (Lipinski definition) is 4. The topological polar surface area (TPSA) is 64.4 Å². The summed E-state index contributed by atoms with van der Waals surface area (Å²) in [6, 6.07) is 12.9. The van der Waals surface area contributed by atoms with Crippen LogP contribution in [0.2, 0.25) is 0 Å². The van der Waals surface area contributed by atoms with Gasteiger partial charge in [-0.05, 0) is 39.2 Å². The molecule has 0 spiro atoms. The van der Waals surface area contributed by atoms with Crippen LogP contribution in [0.15, 0.2) is 46.9 Å². The Morgan fingerprint density at radius 2 is 2.05 bits per heavy atom. The van der Waals surface area contributed by atoms with Crippen molar-refractivity contribution >= 4 is 27.3 Å². The van der Waals surface area contributed by atoms with Crippen molar-refractivity contribution in [3.05, 3.63) is 68.2 Å². The van der Waals surface area contributed by atoms with Crippen LogP contribution in [0.1, 0.15) is 11.1 Å². The van der Waals surface area contributed by atoms with Gasteiger partial charge in [0.25, 0.3) is 5.69 Å². The molecular weight excluding hydrogens is 336 g/mol. The first-order chi connectivity index (χ1) is 10.1. The number of rotatable bonds is 6. The summed E-state index contributed by atoms with van der Waals surface area (Å²) in [6.07, 6.45) is 0. The maximum absolute atomic E-state index is 10.9. The number of nitrogens with one attached hydrogen (secondary N) is 1. The summed E-state index contributed by atoms with van der Waals surface area (Å²) in [4.78, 5) is 10.5. The molecule has 0 heterocycles. The summed E-state index contributed by atoms with van der Waals surface area (Å²) in [5.74, 6) is 0. The van der Waals surface area contributed by atoms with E-state index in [9.17, 15) is 10.1 Å². The van der Waals surface area contributed by atoms with Crippen molar-refractivity contribution in [3.63, 3.8) is 0 Å². The zero-order valence-corrected chi connectivity index (χ0v) is 13.1. The normalized spacial score (nSPS) is 10.4. The van der Waals surface area contributed by atoms with Gasteiger partial charge in [0, 0.05) is 25.4 Å². The van der Waals surface area contributed by atoms with Gasteiger partial charge in [0.05, 0.1) is 11.5 Å². The lowest BCUT2D eigenvalue weighted by molar-refractivity contribution is -0.385. The second-order valence-electron chi connectivity index (χ2n) is 4.49. The number of hydrogen-bond donors (Lipinski definition) is 1. The highest BCUT2D eigenvalue weighted by molar-refractivity contribution is 9.10. The molecule has 0 aromatic heterocycles. The fourth-order valence-electron chi connectivity index (χ4n) is 1.98. The van der Waals surface area contributed by atoms with Gasteiger partial charge in [-0.1, -0.05) is 24.3 Å². The van der Waals surface area contributed by atoms with Crippen LogP contribution in [0.25, 0.3) is 0 Å². The van der Waals surface area contributed by atoms with Gasteiger partial charge in [-0.25, -0.2) is 0 Å². The Kier molecular flexibility index (Phi) is 5.30. The highest BCUT2D eigenvalue weighted by Gasteiger charge is 2.14. The Balaban J connectivity index is 2.11. The van der Waals surface area contributed by atoms with E-state index in [1.165, 1.54) is 6.07 Å². The molecule has 1 N–H and O–H groups in total. The molecule has 0 saturated carbocycles. The number of methoxy groups -OCH3 is 1. The minimum Gasteiger partial charge on any atom is -0.381 e. The second-order valence-corrected chi connectivity index (χ2v) is 5.29. The number of halogens is 1. The molecule has 0 bridgehead atoms. The smallest absolute Gasteiger partial charge is 0.283 e. The van der Waals surface area contributed by atoms with E-state index in [0.717, 1.165) is 16.8 Å². The molecule has 0 aliphatic carbocycles. The Bertz CT molecular complexity index is 647. The monoisotopic (exact) mass is 350 g/mol. The van der Waals surface area contributed by atoms with Crippen LogP contribution in [0, 0.1) is 10.1 Å². The molecule has 6 heteroatoms. The summed E-state index contributed by atoms with van der Waals surface area (Å²) < 4.78 is 5.61. The van der Waals surface area contributed by atoms with Crippen molar-refractivity contribution in [2.75, 3.05) is 12.4 Å². The summed E-state index contributed by atoms with van der Waals surface area (Å²) in [7, 11) is 1.65. The van der Waals surface area contributed by atoms with Crippen molar-refractivity contribution in [1.82, 2.24) is 0 Å². The quantitative estimate of drug-likeness (QED) is 0.628. The number of nitro benzene ring substituents is 1. The van der Waals surface area contributed by atoms with Crippen LogP contribution >= 0.6 is 15.9 Å². The third kappa shape index (κ3) is 4.03. The summed E-state index contributed by atoms with van der Waals surface area (Å²) in [5.41, 5.74) is 2.92. The zero-order chi connectivity index (χ0) is 15.2. The average molecular weight is 351 g/mol. The Morgan fingerprint density at radius 1 is 1.29 bits per heavy atom. The second kappa shape index (κ2) is 7.19. The predicted octanol–water partition coefficient (Wildman–Crippen LogP) is 4.12. The van der Waals surface area contributed by atoms with Gasteiger partial charge in [0.2, 0.25) is 0 Å². The van der Waals surface area contributed by atoms with E-state index in [1.807, 2.05) is 30.3 Å². The summed E-state index contributed by atoms with van der Waals surface area (Å²) in [5, 5.41) is 14.2. The van der Waals surface area contributed by atoms with Gasteiger partial charge in [-0.15, -0.1) is 0 Å². The molecule has 2 aromatic rings. The number of benzene rings is 2. The van der Waals surface area contributed by atoms with Crippen LogP contribution in [-0.2, 0) is 17.9 Å². The molecule has 2 rings (SSSR count). The lowest BCUT2D eigenvalue weighted by Crippen LogP contribution is -2.02. The number of anilines is 1. The Morgan fingerprint density at radius 3 is 2.76 bits per heavy atom. The molecule has 0 unspecified atom stereocenters. The maximum atomic E-state index is 10.9. The van der Waals surface area contributed by atoms with Gasteiger partial charge in [0.1, 0.15) is 4.47 Å². The summed E-state index contributed by atoms with van der Waals surface area (Å²) >= 11 is 3.29. The average Bonchev–Trinajstić information content (AvgIpc) is 2.46. The first-order valence-corrected chi connectivity index (χ1v) is 7.14.